The van der Waals surface area contributed by atoms with Gasteiger partial charge in [-0.05, 0) is 12.8 Å². The minimum atomic E-state index is -1.23. The number of nitrogens with zero attached hydrogens (tertiary/aromatic N) is 2. The van der Waals surface area contributed by atoms with Crippen LogP contribution in [0.1, 0.15) is 24.6 Å². The molecule has 1 aromatic heterocycles. The summed E-state index contributed by atoms with van der Waals surface area (Å²) in [5.74, 6) is -1.34. The molecule has 1 heterocycles. The number of rotatable bonds is 4. The molecule has 0 unspecified atom stereocenters. The van der Waals surface area contributed by atoms with Gasteiger partial charge in [0.05, 0.1) is 5.69 Å². The molecule has 7 heteroatoms. The molecule has 0 spiro atoms. The minimum absolute atomic E-state index is 0.170. The lowest BCUT2D eigenvalue weighted by molar-refractivity contribution is 0.496. The average Bonchev–Trinajstić information content (AvgIpc) is 3.29. The van der Waals surface area contributed by atoms with Crippen molar-refractivity contribution in [2.45, 2.75) is 18.8 Å². The summed E-state index contributed by atoms with van der Waals surface area (Å²) in [5, 5.41) is 5.56. The van der Waals surface area contributed by atoms with E-state index in [1.807, 2.05) is 0 Å². The Labute approximate surface area is 119 Å². The molecule has 1 aliphatic carbocycles. The smallest absolute Gasteiger partial charge is 0.161 e. The number of hydrogen-bond acceptors (Lipinski definition) is 4. The Morgan fingerprint density at radius 2 is 1.62 bits per heavy atom. The van der Waals surface area contributed by atoms with Crippen LogP contribution in [0.4, 0.5) is 30.5 Å². The lowest BCUT2D eigenvalue weighted by Crippen LogP contribution is -2.04. The van der Waals surface area contributed by atoms with Crippen LogP contribution < -0.4 is 10.6 Å². The molecule has 0 bridgehead atoms. The molecule has 1 aromatic carbocycles. The van der Waals surface area contributed by atoms with Gasteiger partial charge in [0.15, 0.2) is 11.6 Å². The van der Waals surface area contributed by atoms with E-state index in [4.69, 9.17) is 0 Å². The van der Waals surface area contributed by atoms with Crippen LogP contribution in [0.5, 0.6) is 0 Å². The molecule has 0 aliphatic heterocycles. The van der Waals surface area contributed by atoms with Crippen molar-refractivity contribution in [1.29, 1.82) is 0 Å². The molecule has 0 saturated heterocycles. The first kappa shape index (κ1) is 13.7. The van der Waals surface area contributed by atoms with Crippen molar-refractivity contribution in [3.8, 4) is 0 Å². The van der Waals surface area contributed by atoms with E-state index < -0.39 is 17.5 Å². The van der Waals surface area contributed by atoms with Crippen molar-refractivity contribution < 1.29 is 13.2 Å². The maximum atomic E-state index is 13.6. The third-order valence-electron chi connectivity index (χ3n) is 3.21. The Balaban J connectivity index is 1.94. The van der Waals surface area contributed by atoms with Gasteiger partial charge >= 0.3 is 0 Å². The van der Waals surface area contributed by atoms with E-state index in [1.165, 1.54) is 0 Å². The van der Waals surface area contributed by atoms with Crippen LogP contribution in [-0.2, 0) is 0 Å². The van der Waals surface area contributed by atoms with E-state index in [0.717, 1.165) is 18.9 Å². The highest BCUT2D eigenvalue weighted by molar-refractivity contribution is 5.60. The van der Waals surface area contributed by atoms with E-state index >= 15 is 0 Å². The van der Waals surface area contributed by atoms with Crippen LogP contribution in [0.25, 0.3) is 0 Å². The Morgan fingerprint density at radius 3 is 2.29 bits per heavy atom. The van der Waals surface area contributed by atoms with Crippen molar-refractivity contribution in [1.82, 2.24) is 9.97 Å². The zero-order chi connectivity index (χ0) is 15.0. The van der Waals surface area contributed by atoms with Crippen molar-refractivity contribution in [2.24, 2.45) is 0 Å². The predicted octanol–water partition coefficient (Wildman–Crippen LogP) is 3.56. The third kappa shape index (κ3) is 2.91. The Morgan fingerprint density at radius 1 is 0.952 bits per heavy atom. The summed E-state index contributed by atoms with van der Waals surface area (Å²) in [4.78, 5) is 8.61. The zero-order valence-electron chi connectivity index (χ0n) is 11.3. The Bertz CT molecular complexity index is 686. The number of benzene rings is 1. The highest BCUT2D eigenvalue weighted by atomic mass is 19.2. The molecule has 21 heavy (non-hydrogen) atoms. The molecule has 1 saturated carbocycles. The Hall–Kier alpha value is -2.31. The van der Waals surface area contributed by atoms with Gasteiger partial charge in [0.25, 0.3) is 0 Å². The van der Waals surface area contributed by atoms with E-state index in [2.05, 4.69) is 20.6 Å². The molecule has 3 rings (SSSR count). The maximum Gasteiger partial charge on any atom is 0.161 e. The molecule has 1 fully saturated rings. The monoisotopic (exact) mass is 294 g/mol. The number of nitrogens with one attached hydrogen (secondary N) is 2. The van der Waals surface area contributed by atoms with Crippen LogP contribution in [0.2, 0.25) is 0 Å². The van der Waals surface area contributed by atoms with Gasteiger partial charge in [-0.3, -0.25) is 0 Å². The fraction of sp³-hybridized carbons (Fsp3) is 0.286. The van der Waals surface area contributed by atoms with Crippen LogP contribution in [0.3, 0.4) is 0 Å². The summed E-state index contributed by atoms with van der Waals surface area (Å²) < 4.78 is 39.8. The molecule has 4 nitrogen and oxygen atoms in total. The predicted molar refractivity (Wildman–Crippen MR) is 73.2 cm³/mol. The van der Waals surface area contributed by atoms with Crippen molar-refractivity contribution >= 4 is 17.3 Å². The highest BCUT2D eigenvalue weighted by Crippen LogP contribution is 2.39. The normalized spacial score (nSPS) is 14.1. The van der Waals surface area contributed by atoms with Gasteiger partial charge in [-0.25, -0.2) is 23.1 Å². The number of anilines is 3. The fourth-order valence-electron chi connectivity index (χ4n) is 1.94. The largest absolute Gasteiger partial charge is 0.373 e. The van der Waals surface area contributed by atoms with Crippen molar-refractivity contribution in [3.63, 3.8) is 0 Å². The second-order valence-corrected chi connectivity index (χ2v) is 4.89. The van der Waals surface area contributed by atoms with E-state index in [0.29, 0.717) is 29.4 Å². The van der Waals surface area contributed by atoms with Crippen LogP contribution >= 0.6 is 0 Å². The van der Waals surface area contributed by atoms with Crippen LogP contribution in [0.15, 0.2) is 18.2 Å². The van der Waals surface area contributed by atoms with Crippen molar-refractivity contribution in [3.05, 3.63) is 41.5 Å². The van der Waals surface area contributed by atoms with Gasteiger partial charge < -0.3 is 10.6 Å². The molecule has 0 amide bonds. The molecule has 0 radical (unpaired) electrons. The lowest BCUT2D eigenvalue weighted by Gasteiger charge is -2.10. The summed E-state index contributed by atoms with van der Waals surface area (Å²) in [6.07, 6.45) is 2.04. The second kappa shape index (κ2) is 5.23. The quantitative estimate of drug-likeness (QED) is 0.847. The summed E-state index contributed by atoms with van der Waals surface area (Å²) >= 11 is 0. The minimum Gasteiger partial charge on any atom is -0.373 e. The van der Waals surface area contributed by atoms with E-state index in [1.54, 1.807) is 13.1 Å². The summed E-state index contributed by atoms with van der Waals surface area (Å²) in [6.45, 7) is 0. The maximum absolute atomic E-state index is 13.6. The summed E-state index contributed by atoms with van der Waals surface area (Å²) in [7, 11) is 1.71. The average molecular weight is 294 g/mol. The molecular formula is C14H13F3N4. The Kier molecular flexibility index (Phi) is 3.40. The van der Waals surface area contributed by atoms with Gasteiger partial charge in [-0.1, -0.05) is 0 Å². The fourth-order valence-corrected chi connectivity index (χ4v) is 1.94. The SMILES string of the molecule is CNc1cc(Nc2cc(F)c(F)cc2F)nc(C2CC2)n1. The first-order valence-corrected chi connectivity index (χ1v) is 6.55. The van der Waals surface area contributed by atoms with Crippen LogP contribution in [-0.4, -0.2) is 17.0 Å². The van der Waals surface area contributed by atoms with Gasteiger partial charge in [-0.15, -0.1) is 0 Å². The zero-order valence-corrected chi connectivity index (χ0v) is 11.3. The molecule has 2 aromatic rings. The van der Waals surface area contributed by atoms with E-state index in [-0.39, 0.29) is 5.69 Å². The van der Waals surface area contributed by atoms with Gasteiger partial charge in [0.1, 0.15) is 23.3 Å². The summed E-state index contributed by atoms with van der Waals surface area (Å²) in [5.41, 5.74) is -0.170. The molecule has 110 valence electrons. The van der Waals surface area contributed by atoms with Crippen LogP contribution in [0, 0.1) is 17.5 Å². The molecule has 0 atom stereocenters. The van der Waals surface area contributed by atoms with Gasteiger partial charge in [0.2, 0.25) is 0 Å². The second-order valence-electron chi connectivity index (χ2n) is 4.89. The first-order chi connectivity index (χ1) is 10.1. The van der Waals surface area contributed by atoms with E-state index in [9.17, 15) is 13.2 Å². The number of aromatic nitrogens is 2. The summed E-state index contributed by atoms with van der Waals surface area (Å²) in [6, 6.07) is 2.84. The molecule has 2 N–H and O–H groups in total. The molecular weight excluding hydrogens is 281 g/mol. The highest BCUT2D eigenvalue weighted by Gasteiger charge is 2.27. The third-order valence-corrected chi connectivity index (χ3v) is 3.21. The van der Waals surface area contributed by atoms with Crippen molar-refractivity contribution in [2.75, 3.05) is 17.7 Å². The lowest BCUT2D eigenvalue weighted by atomic mass is 10.2. The van der Waals surface area contributed by atoms with Gasteiger partial charge in [0, 0.05) is 31.2 Å². The standard InChI is InChI=1S/C14H13F3N4/c1-18-12-6-13(21-14(20-12)7-2-3-7)19-11-5-9(16)8(15)4-10(11)17/h4-7H,2-3H2,1H3,(H2,18,19,20,21). The number of halogens is 3. The molecule has 1 aliphatic rings. The number of hydrogen-bond donors (Lipinski definition) is 2. The topological polar surface area (TPSA) is 49.8 Å². The van der Waals surface area contributed by atoms with Gasteiger partial charge in [-0.2, -0.15) is 0 Å². The first-order valence-electron chi connectivity index (χ1n) is 6.55.